The van der Waals surface area contributed by atoms with Crippen molar-refractivity contribution < 1.29 is 0 Å². The molecule has 0 bridgehead atoms. The Morgan fingerprint density at radius 2 is 2.36 bits per heavy atom. The van der Waals surface area contributed by atoms with Crippen LogP contribution in [0.1, 0.15) is 24.1 Å². The van der Waals surface area contributed by atoms with Gasteiger partial charge in [-0.25, -0.2) is 0 Å². The summed E-state index contributed by atoms with van der Waals surface area (Å²) in [4.78, 5) is 4.39. The quantitative estimate of drug-likeness (QED) is 0.763. The van der Waals surface area contributed by atoms with Crippen LogP contribution in [0.5, 0.6) is 0 Å². The van der Waals surface area contributed by atoms with Gasteiger partial charge in [-0.1, -0.05) is 11.6 Å². The van der Waals surface area contributed by atoms with Gasteiger partial charge in [0.2, 0.25) is 0 Å². The first-order chi connectivity index (χ1) is 6.79. The van der Waals surface area contributed by atoms with Gasteiger partial charge in [0.05, 0.1) is 5.69 Å². The molecule has 1 aliphatic rings. The Labute approximate surface area is 97.3 Å². The number of hydrogen-bond acceptors (Lipinski definition) is 1. The van der Waals surface area contributed by atoms with Gasteiger partial charge < -0.3 is 0 Å². The molecule has 0 spiro atoms. The van der Waals surface area contributed by atoms with E-state index in [2.05, 4.69) is 33.1 Å². The number of rotatable bonds is 3. The van der Waals surface area contributed by atoms with Crippen molar-refractivity contribution in [2.45, 2.75) is 19.3 Å². The number of fused-ring (bicyclic) bond motifs is 1. The van der Waals surface area contributed by atoms with E-state index >= 15 is 0 Å². The van der Waals surface area contributed by atoms with Crippen LogP contribution in [-0.4, -0.2) is 10.9 Å². The van der Waals surface area contributed by atoms with Crippen molar-refractivity contribution in [3.63, 3.8) is 0 Å². The fraction of sp³-hybridized carbons (Fsp3) is 0.364. The molecule has 0 saturated heterocycles. The van der Waals surface area contributed by atoms with Gasteiger partial charge >= 0.3 is 0 Å². The summed E-state index contributed by atoms with van der Waals surface area (Å²) in [7, 11) is 0. The molecule has 74 valence electrons. The Morgan fingerprint density at radius 1 is 1.50 bits per heavy atom. The lowest BCUT2D eigenvalue weighted by Gasteiger charge is -1.98. The second kappa shape index (κ2) is 4.45. The van der Waals surface area contributed by atoms with Crippen molar-refractivity contribution in [1.29, 1.82) is 0 Å². The van der Waals surface area contributed by atoms with E-state index in [0.29, 0.717) is 0 Å². The standard InChI is InChI=1S/C11H11BrClN/c12-10-6-9-4-8(2-1-3-13)5-11(9)14-7-10/h4,6-7H,1-3,5H2. The summed E-state index contributed by atoms with van der Waals surface area (Å²) in [6.45, 7) is 0. The second-order valence-corrected chi connectivity index (χ2v) is 4.75. The first kappa shape index (κ1) is 10.2. The highest BCUT2D eigenvalue weighted by atomic mass is 79.9. The molecule has 1 nitrogen and oxygen atoms in total. The Bertz CT molecular complexity index is 374. The predicted molar refractivity (Wildman–Crippen MR) is 63.6 cm³/mol. The van der Waals surface area contributed by atoms with Gasteiger partial charge in [0.1, 0.15) is 0 Å². The van der Waals surface area contributed by atoms with Gasteiger partial charge in [-0.3, -0.25) is 4.98 Å². The van der Waals surface area contributed by atoms with E-state index < -0.39 is 0 Å². The van der Waals surface area contributed by atoms with Gasteiger partial charge in [0.15, 0.2) is 0 Å². The number of nitrogens with zero attached hydrogens (tertiary/aromatic N) is 1. The highest BCUT2D eigenvalue weighted by Gasteiger charge is 2.13. The normalized spacial score (nSPS) is 14.0. The highest BCUT2D eigenvalue weighted by molar-refractivity contribution is 9.10. The van der Waals surface area contributed by atoms with Crippen LogP contribution >= 0.6 is 27.5 Å². The lowest BCUT2D eigenvalue weighted by molar-refractivity contribution is 0.882. The van der Waals surface area contributed by atoms with Gasteiger partial charge in [0, 0.05) is 23.0 Å². The van der Waals surface area contributed by atoms with Crippen LogP contribution < -0.4 is 0 Å². The largest absolute Gasteiger partial charge is 0.259 e. The Hall–Kier alpha value is -0.340. The summed E-state index contributed by atoms with van der Waals surface area (Å²) in [5.41, 5.74) is 3.90. The van der Waals surface area contributed by atoms with Gasteiger partial charge in [-0.05, 0) is 40.4 Å². The number of halogens is 2. The van der Waals surface area contributed by atoms with Crippen LogP contribution in [0.3, 0.4) is 0 Å². The first-order valence-electron chi connectivity index (χ1n) is 4.69. The molecule has 3 heteroatoms. The molecule has 1 aromatic heterocycles. The first-order valence-corrected chi connectivity index (χ1v) is 6.02. The molecule has 14 heavy (non-hydrogen) atoms. The minimum Gasteiger partial charge on any atom is -0.259 e. The summed E-state index contributed by atoms with van der Waals surface area (Å²) in [6.07, 6.45) is 7.25. The predicted octanol–water partition coefficient (Wildman–Crippen LogP) is 3.80. The maximum Gasteiger partial charge on any atom is 0.0517 e. The van der Waals surface area contributed by atoms with Crippen molar-refractivity contribution in [2.24, 2.45) is 0 Å². The summed E-state index contributed by atoms with van der Waals surface area (Å²) in [6, 6.07) is 2.12. The van der Waals surface area contributed by atoms with Crippen molar-refractivity contribution in [3.8, 4) is 0 Å². The van der Waals surface area contributed by atoms with Crippen molar-refractivity contribution >= 4 is 33.6 Å². The van der Waals surface area contributed by atoms with Gasteiger partial charge in [-0.15, -0.1) is 11.6 Å². The Balaban J connectivity index is 2.13. The zero-order valence-electron chi connectivity index (χ0n) is 7.76. The molecule has 0 saturated carbocycles. The average Bonchev–Trinajstić information content (AvgIpc) is 2.56. The number of aromatic nitrogens is 1. The minimum atomic E-state index is 0.741. The summed E-state index contributed by atoms with van der Waals surface area (Å²) < 4.78 is 1.05. The second-order valence-electron chi connectivity index (χ2n) is 3.46. The summed E-state index contributed by atoms with van der Waals surface area (Å²) >= 11 is 9.09. The van der Waals surface area contributed by atoms with Crippen LogP contribution in [0.4, 0.5) is 0 Å². The molecular weight excluding hydrogens is 261 g/mol. The van der Waals surface area contributed by atoms with Crippen molar-refractivity contribution in [2.75, 3.05) is 5.88 Å². The summed E-state index contributed by atoms with van der Waals surface area (Å²) in [5, 5.41) is 0. The van der Waals surface area contributed by atoms with Crippen LogP contribution in [0.2, 0.25) is 0 Å². The fourth-order valence-corrected chi connectivity index (χ4v) is 2.18. The monoisotopic (exact) mass is 271 g/mol. The molecule has 1 aromatic rings. The third-order valence-electron chi connectivity index (χ3n) is 2.36. The number of allylic oxidation sites excluding steroid dienone is 1. The highest BCUT2D eigenvalue weighted by Crippen LogP contribution is 2.27. The van der Waals surface area contributed by atoms with Crippen LogP contribution in [0.25, 0.3) is 6.08 Å². The van der Waals surface area contributed by atoms with E-state index in [9.17, 15) is 0 Å². The third kappa shape index (κ3) is 2.18. The molecule has 0 aromatic carbocycles. The molecule has 0 aliphatic heterocycles. The van der Waals surface area contributed by atoms with Gasteiger partial charge in [0.25, 0.3) is 0 Å². The maximum absolute atomic E-state index is 5.67. The molecule has 0 unspecified atom stereocenters. The van der Waals surface area contributed by atoms with E-state index in [4.69, 9.17) is 11.6 Å². The van der Waals surface area contributed by atoms with Crippen LogP contribution in [-0.2, 0) is 6.42 Å². The van der Waals surface area contributed by atoms with Gasteiger partial charge in [-0.2, -0.15) is 0 Å². The topological polar surface area (TPSA) is 12.9 Å². The van der Waals surface area contributed by atoms with Crippen LogP contribution in [0.15, 0.2) is 22.3 Å². The molecule has 0 fully saturated rings. The third-order valence-corrected chi connectivity index (χ3v) is 3.06. The SMILES string of the molecule is ClCCCC1=Cc2cc(Br)cnc2C1. The van der Waals surface area contributed by atoms with E-state index in [1.165, 1.54) is 16.8 Å². The smallest absolute Gasteiger partial charge is 0.0517 e. The molecule has 0 N–H and O–H groups in total. The summed E-state index contributed by atoms with van der Waals surface area (Å²) in [5.74, 6) is 0.741. The zero-order valence-corrected chi connectivity index (χ0v) is 10.1. The van der Waals surface area contributed by atoms with E-state index in [1.807, 2.05) is 6.20 Å². The van der Waals surface area contributed by atoms with Crippen LogP contribution in [0, 0.1) is 0 Å². The molecule has 0 atom stereocenters. The molecule has 0 radical (unpaired) electrons. The minimum absolute atomic E-state index is 0.741. The van der Waals surface area contributed by atoms with Crippen molar-refractivity contribution in [1.82, 2.24) is 4.98 Å². The number of pyridine rings is 1. The molecule has 1 heterocycles. The lowest BCUT2D eigenvalue weighted by atomic mass is 10.1. The Morgan fingerprint density at radius 3 is 3.14 bits per heavy atom. The Kier molecular flexibility index (Phi) is 3.24. The van der Waals surface area contributed by atoms with E-state index in [0.717, 1.165) is 29.6 Å². The maximum atomic E-state index is 5.67. The molecule has 2 rings (SSSR count). The number of alkyl halides is 1. The molecular formula is C11H11BrClN. The lowest BCUT2D eigenvalue weighted by Crippen LogP contribution is -1.89. The molecule has 1 aliphatic carbocycles. The van der Waals surface area contributed by atoms with Crippen molar-refractivity contribution in [3.05, 3.63) is 33.6 Å². The molecule has 0 amide bonds. The fourth-order valence-electron chi connectivity index (χ4n) is 1.70. The zero-order chi connectivity index (χ0) is 9.97. The number of hydrogen-bond donors (Lipinski definition) is 0. The van der Waals surface area contributed by atoms with E-state index in [1.54, 1.807) is 0 Å². The average molecular weight is 273 g/mol. The van der Waals surface area contributed by atoms with E-state index in [-0.39, 0.29) is 0 Å².